The summed E-state index contributed by atoms with van der Waals surface area (Å²) in [6.07, 6.45) is 0. The van der Waals surface area contributed by atoms with E-state index in [0.29, 0.717) is 36.6 Å². The minimum atomic E-state index is 0.205. The van der Waals surface area contributed by atoms with Gasteiger partial charge in [-0.1, -0.05) is 47.0 Å². The maximum absolute atomic E-state index is 6.11. The number of hydrogen-bond donors (Lipinski definition) is 1. The summed E-state index contributed by atoms with van der Waals surface area (Å²) in [5, 5.41) is 1.37. The predicted molar refractivity (Wildman–Crippen MR) is 91.6 cm³/mol. The van der Waals surface area contributed by atoms with Crippen molar-refractivity contribution in [3.63, 3.8) is 0 Å². The standard InChI is InChI=1S/C13H7BrCl3NOS/c14-8-4-10(17)12(5-9(8)16)19-11-3-6(15)1-2-7(11)13(18)20/h1-5H,(H2,18,20). The highest BCUT2D eigenvalue weighted by Gasteiger charge is 2.12. The van der Waals surface area contributed by atoms with Crippen molar-refractivity contribution in [1.82, 2.24) is 0 Å². The molecule has 2 aromatic rings. The molecule has 0 unspecified atom stereocenters. The second-order valence-corrected chi connectivity index (χ2v) is 6.35. The highest BCUT2D eigenvalue weighted by Crippen LogP contribution is 2.38. The van der Waals surface area contributed by atoms with E-state index in [0.717, 1.165) is 0 Å². The second kappa shape index (κ2) is 6.50. The van der Waals surface area contributed by atoms with E-state index in [1.54, 1.807) is 30.3 Å². The molecule has 2 N–H and O–H groups in total. The van der Waals surface area contributed by atoms with E-state index < -0.39 is 0 Å². The number of ether oxygens (including phenoxy) is 1. The Morgan fingerprint density at radius 2 is 1.75 bits per heavy atom. The Labute approximate surface area is 144 Å². The zero-order valence-corrected chi connectivity index (χ0v) is 14.5. The first-order valence-electron chi connectivity index (χ1n) is 5.30. The van der Waals surface area contributed by atoms with Gasteiger partial charge in [-0.2, -0.15) is 0 Å². The summed E-state index contributed by atoms with van der Waals surface area (Å²) in [5.41, 5.74) is 6.22. The Morgan fingerprint density at radius 1 is 1.05 bits per heavy atom. The van der Waals surface area contributed by atoms with Crippen LogP contribution in [0.2, 0.25) is 15.1 Å². The van der Waals surface area contributed by atoms with Crippen molar-refractivity contribution in [2.75, 3.05) is 0 Å². The summed E-state index contributed by atoms with van der Waals surface area (Å²) < 4.78 is 6.41. The Hall–Kier alpha value is -0.520. The van der Waals surface area contributed by atoms with Gasteiger partial charge in [0, 0.05) is 21.6 Å². The van der Waals surface area contributed by atoms with E-state index in [2.05, 4.69) is 15.9 Å². The molecule has 0 radical (unpaired) electrons. The van der Waals surface area contributed by atoms with Crippen molar-refractivity contribution in [2.24, 2.45) is 5.73 Å². The summed E-state index contributed by atoms with van der Waals surface area (Å²) in [6, 6.07) is 8.22. The van der Waals surface area contributed by atoms with Crippen LogP contribution in [0.4, 0.5) is 0 Å². The summed E-state index contributed by atoms with van der Waals surface area (Å²) in [5.74, 6) is 0.810. The quantitative estimate of drug-likeness (QED) is 0.509. The smallest absolute Gasteiger partial charge is 0.147 e. The number of hydrogen-bond acceptors (Lipinski definition) is 2. The molecule has 0 spiro atoms. The van der Waals surface area contributed by atoms with Crippen LogP contribution in [0.5, 0.6) is 11.5 Å². The van der Waals surface area contributed by atoms with Gasteiger partial charge in [0.15, 0.2) is 0 Å². The summed E-state index contributed by atoms with van der Waals surface area (Å²) in [7, 11) is 0. The van der Waals surface area contributed by atoms with Gasteiger partial charge < -0.3 is 10.5 Å². The van der Waals surface area contributed by atoms with Gasteiger partial charge in [-0.05, 0) is 34.1 Å². The molecule has 0 bridgehead atoms. The van der Waals surface area contributed by atoms with Crippen LogP contribution in [-0.4, -0.2) is 4.99 Å². The molecule has 0 aromatic heterocycles. The molecule has 104 valence electrons. The molecule has 2 rings (SSSR count). The molecule has 7 heteroatoms. The molecule has 0 aliphatic carbocycles. The molecule has 0 fully saturated rings. The molecule has 2 nitrogen and oxygen atoms in total. The van der Waals surface area contributed by atoms with Gasteiger partial charge in [0.2, 0.25) is 0 Å². The first kappa shape index (κ1) is 15.9. The van der Waals surface area contributed by atoms with Gasteiger partial charge in [0.05, 0.1) is 15.6 Å². The lowest BCUT2D eigenvalue weighted by atomic mass is 10.2. The lowest BCUT2D eigenvalue weighted by Gasteiger charge is -2.12. The zero-order chi connectivity index (χ0) is 14.9. The maximum Gasteiger partial charge on any atom is 0.147 e. The van der Waals surface area contributed by atoms with Gasteiger partial charge in [0.25, 0.3) is 0 Å². The third kappa shape index (κ3) is 3.57. The van der Waals surface area contributed by atoms with Gasteiger partial charge in [-0.3, -0.25) is 0 Å². The molecule has 0 saturated heterocycles. The summed E-state index contributed by atoms with van der Waals surface area (Å²) in [4.78, 5) is 0.205. The lowest BCUT2D eigenvalue weighted by molar-refractivity contribution is 0.482. The van der Waals surface area contributed by atoms with Crippen LogP contribution in [0.3, 0.4) is 0 Å². The van der Waals surface area contributed by atoms with Crippen molar-refractivity contribution in [3.8, 4) is 11.5 Å². The average molecular weight is 412 g/mol. The van der Waals surface area contributed by atoms with Crippen molar-refractivity contribution >= 4 is 67.9 Å². The lowest BCUT2D eigenvalue weighted by Crippen LogP contribution is -2.10. The molecule has 0 heterocycles. The van der Waals surface area contributed by atoms with Crippen molar-refractivity contribution in [2.45, 2.75) is 0 Å². The first-order valence-corrected chi connectivity index (χ1v) is 7.63. The van der Waals surface area contributed by atoms with Crippen LogP contribution in [0, 0.1) is 0 Å². The van der Waals surface area contributed by atoms with Crippen LogP contribution in [0.25, 0.3) is 0 Å². The number of thiocarbonyl (C=S) groups is 1. The average Bonchev–Trinajstić information content (AvgIpc) is 2.35. The van der Waals surface area contributed by atoms with Gasteiger partial charge >= 0.3 is 0 Å². The second-order valence-electron chi connectivity index (χ2n) is 3.80. The monoisotopic (exact) mass is 409 g/mol. The topological polar surface area (TPSA) is 35.2 Å². The first-order chi connectivity index (χ1) is 9.38. The Kier molecular flexibility index (Phi) is 5.15. The molecular formula is C13H7BrCl3NOS. The van der Waals surface area contributed by atoms with E-state index in [-0.39, 0.29) is 4.99 Å². The third-order valence-corrected chi connectivity index (χ3v) is 4.35. The number of benzene rings is 2. The maximum atomic E-state index is 6.11. The van der Waals surface area contributed by atoms with Crippen molar-refractivity contribution in [3.05, 3.63) is 55.4 Å². The SMILES string of the molecule is NC(=S)c1ccc(Cl)cc1Oc1cc(Cl)c(Br)cc1Cl. The van der Waals surface area contributed by atoms with Gasteiger partial charge in [0.1, 0.15) is 16.5 Å². The largest absolute Gasteiger partial charge is 0.455 e. The molecular weight excluding hydrogens is 404 g/mol. The molecule has 0 saturated carbocycles. The van der Waals surface area contributed by atoms with Gasteiger partial charge in [-0.15, -0.1) is 0 Å². The van der Waals surface area contributed by atoms with Crippen LogP contribution in [0.1, 0.15) is 5.56 Å². The molecule has 0 amide bonds. The Balaban J connectivity index is 2.47. The molecule has 0 atom stereocenters. The Morgan fingerprint density at radius 3 is 2.40 bits per heavy atom. The number of halogens is 4. The fourth-order valence-electron chi connectivity index (χ4n) is 1.49. The number of nitrogens with two attached hydrogens (primary N) is 1. The van der Waals surface area contributed by atoms with E-state index in [4.69, 9.17) is 57.5 Å². The molecule has 20 heavy (non-hydrogen) atoms. The molecule has 0 aliphatic rings. The fourth-order valence-corrected chi connectivity index (χ4v) is 2.65. The summed E-state index contributed by atoms with van der Waals surface area (Å²) >= 11 is 26.3. The van der Waals surface area contributed by atoms with E-state index in [1.807, 2.05) is 0 Å². The van der Waals surface area contributed by atoms with Crippen LogP contribution in [-0.2, 0) is 0 Å². The highest BCUT2D eigenvalue weighted by molar-refractivity contribution is 9.10. The Bertz CT molecular complexity index is 694. The van der Waals surface area contributed by atoms with Crippen LogP contribution >= 0.6 is 63.0 Å². The minimum absolute atomic E-state index is 0.205. The van der Waals surface area contributed by atoms with Crippen molar-refractivity contribution < 1.29 is 4.74 Å². The summed E-state index contributed by atoms with van der Waals surface area (Å²) in [6.45, 7) is 0. The normalized spacial score (nSPS) is 10.4. The van der Waals surface area contributed by atoms with Crippen molar-refractivity contribution in [1.29, 1.82) is 0 Å². The molecule has 0 aliphatic heterocycles. The van der Waals surface area contributed by atoms with E-state index >= 15 is 0 Å². The predicted octanol–water partition coefficient (Wildman–Crippen LogP) is 5.84. The highest BCUT2D eigenvalue weighted by atomic mass is 79.9. The minimum Gasteiger partial charge on any atom is -0.455 e. The zero-order valence-electron chi connectivity index (χ0n) is 9.79. The number of rotatable bonds is 3. The van der Waals surface area contributed by atoms with Crippen LogP contribution in [0.15, 0.2) is 34.8 Å². The van der Waals surface area contributed by atoms with E-state index in [1.165, 1.54) is 0 Å². The fraction of sp³-hybridized carbons (Fsp3) is 0. The molecule has 2 aromatic carbocycles. The van der Waals surface area contributed by atoms with Crippen LogP contribution < -0.4 is 10.5 Å². The third-order valence-electron chi connectivity index (χ3n) is 2.40. The van der Waals surface area contributed by atoms with E-state index in [9.17, 15) is 0 Å². The van der Waals surface area contributed by atoms with Gasteiger partial charge in [-0.25, -0.2) is 0 Å².